The van der Waals surface area contributed by atoms with E-state index >= 15 is 0 Å². The minimum absolute atomic E-state index is 0.0526. The molecule has 2 aromatic carbocycles. The zero-order valence-electron chi connectivity index (χ0n) is 14.1. The molecule has 0 bridgehead atoms. The molecule has 1 aliphatic rings. The molecule has 1 unspecified atom stereocenters. The van der Waals surface area contributed by atoms with Crippen molar-refractivity contribution in [3.63, 3.8) is 0 Å². The second-order valence-corrected chi connectivity index (χ2v) is 6.47. The molecule has 130 valence electrons. The predicted molar refractivity (Wildman–Crippen MR) is 97.3 cm³/mol. The number of halogens is 1. The first-order valence-electron chi connectivity index (χ1n) is 8.40. The molecular weight excluding hydrogens is 338 g/mol. The molecule has 1 atom stereocenters. The summed E-state index contributed by atoms with van der Waals surface area (Å²) < 4.78 is 5.63. The Bertz CT molecular complexity index is 773. The molecule has 1 fully saturated rings. The third-order valence-electron chi connectivity index (χ3n) is 4.39. The number of ether oxygens (including phenoxy) is 1. The van der Waals surface area contributed by atoms with Crippen LogP contribution in [0.1, 0.15) is 39.6 Å². The number of rotatable bonds is 4. The van der Waals surface area contributed by atoms with E-state index in [0.29, 0.717) is 41.4 Å². The Morgan fingerprint density at radius 2 is 1.80 bits per heavy atom. The number of amides is 1. The SMILES string of the molecule is CCC1CN(C(=O)c2ccccc2C(=O)c2ccc(Cl)cc2)CCO1. The van der Waals surface area contributed by atoms with Crippen LogP contribution in [0.15, 0.2) is 48.5 Å². The van der Waals surface area contributed by atoms with Crippen molar-refractivity contribution in [2.75, 3.05) is 19.7 Å². The van der Waals surface area contributed by atoms with Gasteiger partial charge in [0.05, 0.1) is 18.3 Å². The fourth-order valence-electron chi connectivity index (χ4n) is 2.95. The normalized spacial score (nSPS) is 17.4. The van der Waals surface area contributed by atoms with Gasteiger partial charge in [0.15, 0.2) is 5.78 Å². The van der Waals surface area contributed by atoms with Gasteiger partial charge in [-0.25, -0.2) is 0 Å². The van der Waals surface area contributed by atoms with E-state index in [0.717, 1.165) is 6.42 Å². The Labute approximate surface area is 152 Å². The number of carbonyl (C=O) groups is 2. The molecule has 4 nitrogen and oxygen atoms in total. The van der Waals surface area contributed by atoms with Gasteiger partial charge < -0.3 is 9.64 Å². The summed E-state index contributed by atoms with van der Waals surface area (Å²) in [6, 6.07) is 13.7. The van der Waals surface area contributed by atoms with E-state index in [-0.39, 0.29) is 17.8 Å². The van der Waals surface area contributed by atoms with E-state index in [4.69, 9.17) is 16.3 Å². The van der Waals surface area contributed by atoms with Crippen LogP contribution >= 0.6 is 11.6 Å². The highest BCUT2D eigenvalue weighted by Crippen LogP contribution is 2.20. The van der Waals surface area contributed by atoms with Crippen molar-refractivity contribution in [3.8, 4) is 0 Å². The molecule has 5 heteroatoms. The first-order valence-corrected chi connectivity index (χ1v) is 8.78. The van der Waals surface area contributed by atoms with Crippen LogP contribution in [-0.4, -0.2) is 42.4 Å². The molecule has 25 heavy (non-hydrogen) atoms. The molecule has 0 radical (unpaired) electrons. The molecular formula is C20H20ClNO3. The van der Waals surface area contributed by atoms with Crippen LogP contribution in [0.3, 0.4) is 0 Å². The van der Waals surface area contributed by atoms with Crippen LogP contribution in [0.2, 0.25) is 5.02 Å². The van der Waals surface area contributed by atoms with Crippen molar-refractivity contribution >= 4 is 23.3 Å². The number of nitrogens with zero attached hydrogens (tertiary/aromatic N) is 1. The molecule has 1 aliphatic heterocycles. The van der Waals surface area contributed by atoms with Gasteiger partial charge in [-0.1, -0.05) is 36.7 Å². The highest BCUT2D eigenvalue weighted by Gasteiger charge is 2.27. The van der Waals surface area contributed by atoms with Gasteiger partial charge in [0.1, 0.15) is 0 Å². The van der Waals surface area contributed by atoms with Gasteiger partial charge in [-0.15, -0.1) is 0 Å². The zero-order chi connectivity index (χ0) is 17.8. The first kappa shape index (κ1) is 17.6. The lowest BCUT2D eigenvalue weighted by molar-refractivity contribution is -0.0226. The molecule has 2 aromatic rings. The summed E-state index contributed by atoms with van der Waals surface area (Å²) in [5, 5.41) is 0.569. The maximum atomic E-state index is 13.0. The van der Waals surface area contributed by atoms with Crippen LogP contribution in [0.25, 0.3) is 0 Å². The third-order valence-corrected chi connectivity index (χ3v) is 4.64. The van der Waals surface area contributed by atoms with Crippen molar-refractivity contribution in [3.05, 3.63) is 70.2 Å². The lowest BCUT2D eigenvalue weighted by Gasteiger charge is -2.32. The third kappa shape index (κ3) is 3.91. The minimum Gasteiger partial charge on any atom is -0.375 e. The van der Waals surface area contributed by atoms with Gasteiger partial charge in [-0.2, -0.15) is 0 Å². The molecule has 3 rings (SSSR count). The average Bonchev–Trinajstić information content (AvgIpc) is 2.67. The number of carbonyl (C=O) groups excluding carboxylic acids is 2. The van der Waals surface area contributed by atoms with Crippen LogP contribution in [0.4, 0.5) is 0 Å². The molecule has 1 amide bonds. The summed E-state index contributed by atoms with van der Waals surface area (Å²) in [4.78, 5) is 27.6. The molecule has 1 heterocycles. The fraction of sp³-hybridized carbons (Fsp3) is 0.300. The summed E-state index contributed by atoms with van der Waals surface area (Å²) in [6.45, 7) is 3.66. The Morgan fingerprint density at radius 3 is 2.48 bits per heavy atom. The van der Waals surface area contributed by atoms with Crippen LogP contribution in [0, 0.1) is 0 Å². The molecule has 1 saturated heterocycles. The van der Waals surface area contributed by atoms with Crippen molar-refractivity contribution in [1.82, 2.24) is 4.90 Å². The van der Waals surface area contributed by atoms with E-state index in [2.05, 4.69) is 0 Å². The van der Waals surface area contributed by atoms with Crippen molar-refractivity contribution < 1.29 is 14.3 Å². The number of hydrogen-bond donors (Lipinski definition) is 0. The Hall–Kier alpha value is -2.17. The van der Waals surface area contributed by atoms with E-state index in [1.165, 1.54) is 0 Å². The van der Waals surface area contributed by atoms with Gasteiger partial charge in [-0.05, 0) is 36.8 Å². The Balaban J connectivity index is 1.89. The van der Waals surface area contributed by atoms with Crippen LogP contribution in [-0.2, 0) is 4.74 Å². The monoisotopic (exact) mass is 357 g/mol. The van der Waals surface area contributed by atoms with E-state index in [1.807, 2.05) is 6.92 Å². The summed E-state index contributed by atoms with van der Waals surface area (Å²) >= 11 is 5.89. The standard InChI is InChI=1S/C20H20ClNO3/c1-2-16-13-22(11-12-25-16)20(24)18-6-4-3-5-17(18)19(23)14-7-9-15(21)10-8-14/h3-10,16H,2,11-13H2,1H3. The van der Waals surface area contributed by atoms with Gasteiger partial charge in [0, 0.05) is 29.2 Å². The lowest BCUT2D eigenvalue weighted by atomic mass is 9.97. The maximum Gasteiger partial charge on any atom is 0.254 e. The van der Waals surface area contributed by atoms with Crippen molar-refractivity contribution in [1.29, 1.82) is 0 Å². The van der Waals surface area contributed by atoms with E-state index in [9.17, 15) is 9.59 Å². The van der Waals surface area contributed by atoms with Crippen molar-refractivity contribution in [2.45, 2.75) is 19.4 Å². The van der Waals surface area contributed by atoms with E-state index in [1.54, 1.807) is 53.4 Å². The van der Waals surface area contributed by atoms with Crippen LogP contribution in [0.5, 0.6) is 0 Å². The smallest absolute Gasteiger partial charge is 0.254 e. The lowest BCUT2D eigenvalue weighted by Crippen LogP contribution is -2.45. The van der Waals surface area contributed by atoms with Gasteiger partial charge >= 0.3 is 0 Å². The number of morpholine rings is 1. The highest BCUT2D eigenvalue weighted by atomic mass is 35.5. The second-order valence-electron chi connectivity index (χ2n) is 6.03. The Morgan fingerprint density at radius 1 is 1.12 bits per heavy atom. The second kappa shape index (κ2) is 7.81. The van der Waals surface area contributed by atoms with Crippen molar-refractivity contribution in [2.24, 2.45) is 0 Å². The summed E-state index contributed by atoms with van der Waals surface area (Å²) in [5.74, 6) is -0.305. The molecule has 0 aliphatic carbocycles. The van der Waals surface area contributed by atoms with Crippen LogP contribution < -0.4 is 0 Å². The Kier molecular flexibility index (Phi) is 5.51. The number of benzene rings is 2. The maximum absolute atomic E-state index is 13.0. The largest absolute Gasteiger partial charge is 0.375 e. The molecule has 0 N–H and O–H groups in total. The number of ketones is 1. The predicted octanol–water partition coefficient (Wildman–Crippen LogP) is 3.82. The average molecular weight is 358 g/mol. The molecule has 0 aromatic heterocycles. The minimum atomic E-state index is -0.180. The van der Waals surface area contributed by atoms with Gasteiger partial charge in [0.25, 0.3) is 5.91 Å². The van der Waals surface area contributed by atoms with Gasteiger partial charge in [-0.3, -0.25) is 9.59 Å². The zero-order valence-corrected chi connectivity index (χ0v) is 14.8. The molecule has 0 saturated carbocycles. The fourth-order valence-corrected chi connectivity index (χ4v) is 3.07. The van der Waals surface area contributed by atoms with E-state index < -0.39 is 0 Å². The first-order chi connectivity index (χ1) is 12.1. The highest BCUT2D eigenvalue weighted by molar-refractivity contribution is 6.30. The summed E-state index contributed by atoms with van der Waals surface area (Å²) in [6.07, 6.45) is 0.909. The summed E-state index contributed by atoms with van der Waals surface area (Å²) in [7, 11) is 0. The summed E-state index contributed by atoms with van der Waals surface area (Å²) in [5.41, 5.74) is 1.35. The molecule has 0 spiro atoms. The quantitative estimate of drug-likeness (QED) is 0.781. The van der Waals surface area contributed by atoms with Gasteiger partial charge in [0.2, 0.25) is 0 Å². The topological polar surface area (TPSA) is 46.6 Å². The number of hydrogen-bond acceptors (Lipinski definition) is 3.